The van der Waals surface area contributed by atoms with Gasteiger partial charge in [-0.15, -0.1) is 0 Å². The number of aromatic carboxylic acids is 1. The zero-order valence-corrected chi connectivity index (χ0v) is 12.1. The summed E-state index contributed by atoms with van der Waals surface area (Å²) in [6, 6.07) is 1.74. The number of amides is 2. The highest BCUT2D eigenvalue weighted by Crippen LogP contribution is 2.32. The van der Waals surface area contributed by atoms with Crippen LogP contribution in [0.4, 0.5) is 16.4 Å². The van der Waals surface area contributed by atoms with E-state index in [-0.39, 0.29) is 27.2 Å². The molecule has 0 unspecified atom stereocenters. The maximum atomic E-state index is 11.8. The Kier molecular flexibility index (Phi) is 4.29. The number of nitrogens with zero attached hydrogens (tertiary/aromatic N) is 3. The fourth-order valence-electron chi connectivity index (χ4n) is 1.47. The van der Waals surface area contributed by atoms with E-state index in [9.17, 15) is 9.59 Å². The minimum atomic E-state index is -1.17. The molecule has 110 valence electrons. The van der Waals surface area contributed by atoms with Gasteiger partial charge < -0.3 is 10.4 Å². The molecule has 10 heteroatoms. The van der Waals surface area contributed by atoms with Crippen molar-refractivity contribution < 1.29 is 14.7 Å². The number of nitrogens with one attached hydrogen (secondary N) is 2. The third kappa shape index (κ3) is 3.41. The Bertz CT molecular complexity index is 693. The van der Waals surface area contributed by atoms with Crippen LogP contribution in [0.25, 0.3) is 0 Å². The molecule has 0 radical (unpaired) electrons. The molecule has 2 aromatic rings. The third-order valence-corrected chi connectivity index (χ3v) is 3.06. The van der Waals surface area contributed by atoms with Crippen molar-refractivity contribution in [1.29, 1.82) is 0 Å². The van der Waals surface area contributed by atoms with Crippen LogP contribution < -0.4 is 10.6 Å². The van der Waals surface area contributed by atoms with Gasteiger partial charge in [0.15, 0.2) is 0 Å². The predicted molar refractivity (Wildman–Crippen MR) is 77.1 cm³/mol. The number of carbonyl (C=O) groups excluding carboxylic acids is 1. The van der Waals surface area contributed by atoms with Crippen LogP contribution >= 0.6 is 23.2 Å². The summed E-state index contributed by atoms with van der Waals surface area (Å²) in [4.78, 5) is 26.5. The summed E-state index contributed by atoms with van der Waals surface area (Å²) in [7, 11) is 1.60. The van der Waals surface area contributed by atoms with E-state index in [4.69, 9.17) is 28.3 Å². The van der Waals surface area contributed by atoms with E-state index in [1.54, 1.807) is 7.05 Å². The summed E-state index contributed by atoms with van der Waals surface area (Å²) in [5.41, 5.74) is 0.0206. The van der Waals surface area contributed by atoms with Gasteiger partial charge in [0, 0.05) is 7.05 Å². The van der Waals surface area contributed by atoms with Crippen molar-refractivity contribution in [2.45, 2.75) is 0 Å². The predicted octanol–water partition coefficient (Wildman–Crippen LogP) is 2.46. The van der Waals surface area contributed by atoms with Crippen LogP contribution in [-0.2, 0) is 7.05 Å². The maximum Gasteiger partial charge on any atom is 0.335 e. The molecule has 2 amide bonds. The zero-order chi connectivity index (χ0) is 15.6. The van der Waals surface area contributed by atoms with Crippen molar-refractivity contribution in [2.24, 2.45) is 7.05 Å². The minimum absolute atomic E-state index is 0.00742. The summed E-state index contributed by atoms with van der Waals surface area (Å²) in [5, 5.41) is 17.5. The van der Waals surface area contributed by atoms with Gasteiger partial charge >= 0.3 is 12.0 Å². The molecule has 3 N–H and O–H groups in total. The van der Waals surface area contributed by atoms with Crippen molar-refractivity contribution in [1.82, 2.24) is 14.8 Å². The standard InChI is InChI=1S/C11H9Cl2N5O3/c1-18-10(14-4-15-18)17-11(21)16-8-6(12)2-5(9(19)20)3-7(8)13/h2-4H,1H3,(H,19,20)(H2,14,15,16,17,21). The van der Waals surface area contributed by atoms with Gasteiger partial charge in [-0.25, -0.2) is 14.3 Å². The molecule has 1 aromatic carbocycles. The van der Waals surface area contributed by atoms with Crippen LogP contribution in [-0.4, -0.2) is 31.9 Å². The fourth-order valence-corrected chi connectivity index (χ4v) is 2.05. The normalized spacial score (nSPS) is 10.2. The molecule has 1 heterocycles. The van der Waals surface area contributed by atoms with Gasteiger partial charge in [0.2, 0.25) is 5.95 Å². The molecule has 21 heavy (non-hydrogen) atoms. The Balaban J connectivity index is 2.18. The highest BCUT2D eigenvalue weighted by atomic mass is 35.5. The molecule has 0 spiro atoms. The lowest BCUT2D eigenvalue weighted by molar-refractivity contribution is 0.0697. The van der Waals surface area contributed by atoms with E-state index < -0.39 is 12.0 Å². The highest BCUT2D eigenvalue weighted by Gasteiger charge is 2.15. The number of carbonyl (C=O) groups is 2. The third-order valence-electron chi connectivity index (χ3n) is 2.46. The molecule has 0 saturated carbocycles. The first kappa shape index (κ1) is 15.1. The van der Waals surface area contributed by atoms with Crippen molar-refractivity contribution in [3.63, 3.8) is 0 Å². The van der Waals surface area contributed by atoms with Crippen LogP contribution in [0.2, 0.25) is 10.0 Å². The average molecular weight is 330 g/mol. The fraction of sp³-hybridized carbons (Fsp3) is 0.0909. The molecule has 0 saturated heterocycles. The second kappa shape index (κ2) is 5.98. The van der Waals surface area contributed by atoms with Gasteiger partial charge in [-0.2, -0.15) is 10.1 Å². The topological polar surface area (TPSA) is 109 Å². The van der Waals surface area contributed by atoms with Crippen molar-refractivity contribution >= 4 is 46.8 Å². The van der Waals surface area contributed by atoms with Gasteiger partial charge in [-0.3, -0.25) is 5.32 Å². The van der Waals surface area contributed by atoms with E-state index in [1.807, 2.05) is 0 Å². The summed E-state index contributed by atoms with van der Waals surface area (Å²) in [5.74, 6) is -0.948. The number of carboxylic acids is 1. The molecular weight excluding hydrogens is 321 g/mol. The first-order valence-electron chi connectivity index (χ1n) is 5.53. The summed E-state index contributed by atoms with van der Waals surface area (Å²) in [6.45, 7) is 0. The summed E-state index contributed by atoms with van der Waals surface area (Å²) >= 11 is 11.8. The molecule has 8 nitrogen and oxygen atoms in total. The molecular formula is C11H9Cl2N5O3. The number of aryl methyl sites for hydroxylation is 1. The lowest BCUT2D eigenvalue weighted by Gasteiger charge is -2.10. The van der Waals surface area contributed by atoms with Gasteiger partial charge in [0.1, 0.15) is 6.33 Å². The van der Waals surface area contributed by atoms with Crippen LogP contribution in [0.3, 0.4) is 0 Å². The SMILES string of the molecule is Cn1ncnc1NC(=O)Nc1c(Cl)cc(C(=O)O)cc1Cl. The second-order valence-corrected chi connectivity index (χ2v) is 4.72. The zero-order valence-electron chi connectivity index (χ0n) is 10.6. The first-order valence-corrected chi connectivity index (χ1v) is 6.28. The van der Waals surface area contributed by atoms with Crippen LogP contribution in [0.15, 0.2) is 18.5 Å². The van der Waals surface area contributed by atoms with Crippen molar-refractivity contribution in [3.8, 4) is 0 Å². The summed E-state index contributed by atoms with van der Waals surface area (Å²) < 4.78 is 1.36. The quantitative estimate of drug-likeness (QED) is 0.801. The van der Waals surface area contributed by atoms with E-state index >= 15 is 0 Å². The Morgan fingerprint density at radius 1 is 1.24 bits per heavy atom. The molecule has 0 aliphatic rings. The lowest BCUT2D eigenvalue weighted by Crippen LogP contribution is -2.22. The number of anilines is 2. The van der Waals surface area contributed by atoms with E-state index in [1.165, 1.54) is 23.1 Å². The number of hydrogen-bond acceptors (Lipinski definition) is 4. The largest absolute Gasteiger partial charge is 0.478 e. The van der Waals surface area contributed by atoms with Gasteiger partial charge in [0.25, 0.3) is 0 Å². The van der Waals surface area contributed by atoms with Crippen LogP contribution in [0.5, 0.6) is 0 Å². The van der Waals surface area contributed by atoms with Gasteiger partial charge in [-0.05, 0) is 12.1 Å². The van der Waals surface area contributed by atoms with Gasteiger partial charge in [0.05, 0.1) is 21.3 Å². The Morgan fingerprint density at radius 3 is 2.33 bits per heavy atom. The molecule has 0 aliphatic carbocycles. The first-order chi connectivity index (χ1) is 9.88. The number of aromatic nitrogens is 3. The van der Waals surface area contributed by atoms with Crippen LogP contribution in [0.1, 0.15) is 10.4 Å². The number of halogens is 2. The second-order valence-electron chi connectivity index (χ2n) is 3.91. The Morgan fingerprint density at radius 2 is 1.86 bits per heavy atom. The van der Waals surface area contributed by atoms with Crippen molar-refractivity contribution in [2.75, 3.05) is 10.6 Å². The number of urea groups is 1. The summed E-state index contributed by atoms with van der Waals surface area (Å²) in [6.07, 6.45) is 1.28. The number of rotatable bonds is 3. The number of carboxylic acid groups (broad SMARTS) is 1. The van der Waals surface area contributed by atoms with Crippen LogP contribution in [0, 0.1) is 0 Å². The number of hydrogen-bond donors (Lipinski definition) is 3. The van der Waals surface area contributed by atoms with E-state index in [0.29, 0.717) is 0 Å². The molecule has 1 aromatic heterocycles. The smallest absolute Gasteiger partial charge is 0.335 e. The molecule has 0 atom stereocenters. The lowest BCUT2D eigenvalue weighted by atomic mass is 10.2. The van der Waals surface area contributed by atoms with Gasteiger partial charge in [-0.1, -0.05) is 23.2 Å². The monoisotopic (exact) mass is 329 g/mol. The Labute approximate surface area is 128 Å². The Hall–Kier alpha value is -2.32. The highest BCUT2D eigenvalue weighted by molar-refractivity contribution is 6.40. The van der Waals surface area contributed by atoms with E-state index in [2.05, 4.69) is 20.7 Å². The molecule has 0 bridgehead atoms. The maximum absolute atomic E-state index is 11.8. The molecule has 0 aliphatic heterocycles. The molecule has 2 rings (SSSR count). The molecule has 0 fully saturated rings. The number of benzene rings is 1. The average Bonchev–Trinajstić information content (AvgIpc) is 2.79. The van der Waals surface area contributed by atoms with Crippen molar-refractivity contribution in [3.05, 3.63) is 34.1 Å². The minimum Gasteiger partial charge on any atom is -0.478 e. The van der Waals surface area contributed by atoms with E-state index in [0.717, 1.165) is 0 Å².